The van der Waals surface area contributed by atoms with Crippen LogP contribution in [0.5, 0.6) is 11.5 Å². The van der Waals surface area contributed by atoms with Gasteiger partial charge in [-0.25, -0.2) is 4.79 Å². The second kappa shape index (κ2) is 6.09. The second-order valence-corrected chi connectivity index (χ2v) is 4.08. The molecule has 4 heteroatoms. The third-order valence-electron chi connectivity index (χ3n) is 2.82. The van der Waals surface area contributed by atoms with Gasteiger partial charge in [0.15, 0.2) is 0 Å². The number of carbonyl (C=O) groups excluding carboxylic acids is 1. The van der Waals surface area contributed by atoms with Crippen LogP contribution < -0.4 is 9.47 Å². The first-order valence-electron chi connectivity index (χ1n) is 6.00. The van der Waals surface area contributed by atoms with E-state index in [1.807, 2.05) is 36.4 Å². The summed E-state index contributed by atoms with van der Waals surface area (Å²) < 4.78 is 15.6. The van der Waals surface area contributed by atoms with Crippen LogP contribution in [0.3, 0.4) is 0 Å². The summed E-state index contributed by atoms with van der Waals surface area (Å²) in [6.45, 7) is 0. The maximum Gasteiger partial charge on any atom is 0.331 e. The Labute approximate surface area is 112 Å². The first kappa shape index (κ1) is 13.2. The Morgan fingerprint density at radius 1 is 1.32 bits per heavy atom. The Morgan fingerprint density at radius 3 is 2.84 bits per heavy atom. The molecule has 0 bridgehead atoms. The number of esters is 1. The molecule has 1 atom stereocenters. The molecule has 4 nitrogen and oxygen atoms in total. The number of cyclic esters (lactones) is 1. The maximum atomic E-state index is 11.1. The molecule has 0 saturated carbocycles. The largest absolute Gasteiger partial charge is 0.497 e. The second-order valence-electron chi connectivity index (χ2n) is 4.08. The van der Waals surface area contributed by atoms with Gasteiger partial charge in [0.2, 0.25) is 0 Å². The molecule has 0 amide bonds. The van der Waals surface area contributed by atoms with Gasteiger partial charge < -0.3 is 14.2 Å². The lowest BCUT2D eigenvalue weighted by molar-refractivity contribution is -0.141. The minimum atomic E-state index is -0.303. The molecular formula is C15H16O4. The van der Waals surface area contributed by atoms with Gasteiger partial charge in [0.25, 0.3) is 0 Å². The topological polar surface area (TPSA) is 44.8 Å². The molecule has 100 valence electrons. The molecule has 1 aliphatic rings. The standard InChI is InChI=1S/C15H16O4/c1-17-13-9-7-11(14(10-13)18-2)6-8-12-4-3-5-15(16)19-12/h3,5-10,12H,4H2,1-2H3/b8-6+. The first-order valence-corrected chi connectivity index (χ1v) is 6.00. The van der Waals surface area contributed by atoms with Gasteiger partial charge in [-0.05, 0) is 18.2 Å². The minimum Gasteiger partial charge on any atom is -0.497 e. The number of rotatable bonds is 4. The third kappa shape index (κ3) is 3.37. The minimum absolute atomic E-state index is 0.218. The van der Waals surface area contributed by atoms with Crippen molar-refractivity contribution in [3.05, 3.63) is 42.0 Å². The van der Waals surface area contributed by atoms with Crippen molar-refractivity contribution in [3.8, 4) is 11.5 Å². The number of hydrogen-bond acceptors (Lipinski definition) is 4. The van der Waals surface area contributed by atoms with E-state index in [-0.39, 0.29) is 12.1 Å². The van der Waals surface area contributed by atoms with Crippen LogP contribution in [0.2, 0.25) is 0 Å². The van der Waals surface area contributed by atoms with E-state index in [9.17, 15) is 4.79 Å². The highest BCUT2D eigenvalue weighted by Gasteiger charge is 2.12. The smallest absolute Gasteiger partial charge is 0.331 e. The van der Waals surface area contributed by atoms with Crippen molar-refractivity contribution in [2.24, 2.45) is 0 Å². The molecule has 0 radical (unpaired) electrons. The summed E-state index contributed by atoms with van der Waals surface area (Å²) in [5.74, 6) is 1.15. The molecule has 2 rings (SSSR count). The Morgan fingerprint density at radius 2 is 2.16 bits per heavy atom. The molecule has 0 aliphatic carbocycles. The molecule has 1 aromatic carbocycles. The SMILES string of the molecule is COc1ccc(/C=C/C2CC=CC(=O)O2)c(OC)c1. The fraction of sp³-hybridized carbons (Fsp3) is 0.267. The van der Waals surface area contributed by atoms with Crippen LogP contribution in [0.25, 0.3) is 6.08 Å². The van der Waals surface area contributed by atoms with E-state index in [1.165, 1.54) is 6.08 Å². The zero-order valence-electron chi connectivity index (χ0n) is 11.0. The lowest BCUT2D eigenvalue weighted by atomic mass is 10.1. The van der Waals surface area contributed by atoms with Crippen molar-refractivity contribution in [2.45, 2.75) is 12.5 Å². The zero-order valence-corrected chi connectivity index (χ0v) is 11.0. The van der Waals surface area contributed by atoms with Crippen LogP contribution in [-0.2, 0) is 9.53 Å². The maximum absolute atomic E-state index is 11.1. The van der Waals surface area contributed by atoms with Crippen LogP contribution >= 0.6 is 0 Å². The van der Waals surface area contributed by atoms with Crippen LogP contribution in [0.15, 0.2) is 36.4 Å². The number of ether oxygens (including phenoxy) is 3. The van der Waals surface area contributed by atoms with E-state index in [0.717, 1.165) is 11.3 Å². The molecule has 1 aliphatic heterocycles. The average Bonchev–Trinajstić information content (AvgIpc) is 2.45. The van der Waals surface area contributed by atoms with E-state index >= 15 is 0 Å². The van der Waals surface area contributed by atoms with Crippen molar-refractivity contribution in [1.29, 1.82) is 0 Å². The first-order chi connectivity index (χ1) is 9.22. The lowest BCUT2D eigenvalue weighted by Crippen LogP contribution is -2.17. The van der Waals surface area contributed by atoms with Gasteiger partial charge in [-0.2, -0.15) is 0 Å². The van der Waals surface area contributed by atoms with E-state index in [4.69, 9.17) is 14.2 Å². The molecule has 1 heterocycles. The Balaban J connectivity index is 2.14. The predicted molar refractivity (Wildman–Crippen MR) is 72.2 cm³/mol. The fourth-order valence-electron chi connectivity index (χ4n) is 1.82. The Kier molecular flexibility index (Phi) is 4.23. The summed E-state index contributed by atoms with van der Waals surface area (Å²) in [6.07, 6.45) is 7.47. The number of benzene rings is 1. The summed E-state index contributed by atoms with van der Waals surface area (Å²) in [6, 6.07) is 5.57. The highest BCUT2D eigenvalue weighted by Crippen LogP contribution is 2.26. The Bertz CT molecular complexity index is 517. The predicted octanol–water partition coefficient (Wildman–Crippen LogP) is 2.59. The fourth-order valence-corrected chi connectivity index (χ4v) is 1.82. The van der Waals surface area contributed by atoms with Crippen LogP contribution in [0, 0.1) is 0 Å². The van der Waals surface area contributed by atoms with Gasteiger partial charge >= 0.3 is 5.97 Å². The van der Waals surface area contributed by atoms with Gasteiger partial charge in [-0.3, -0.25) is 0 Å². The van der Waals surface area contributed by atoms with Gasteiger partial charge in [0.1, 0.15) is 17.6 Å². The molecule has 1 unspecified atom stereocenters. The molecule has 0 spiro atoms. The molecule has 1 aromatic rings. The van der Waals surface area contributed by atoms with Crippen molar-refractivity contribution in [2.75, 3.05) is 14.2 Å². The summed E-state index contributed by atoms with van der Waals surface area (Å²) >= 11 is 0. The Hall–Kier alpha value is -2.23. The van der Waals surface area contributed by atoms with Crippen molar-refractivity contribution < 1.29 is 19.0 Å². The highest BCUT2D eigenvalue weighted by atomic mass is 16.5. The number of carbonyl (C=O) groups is 1. The summed E-state index contributed by atoms with van der Waals surface area (Å²) in [5.41, 5.74) is 0.911. The van der Waals surface area contributed by atoms with Crippen molar-refractivity contribution >= 4 is 12.0 Å². The van der Waals surface area contributed by atoms with Gasteiger partial charge in [0.05, 0.1) is 14.2 Å². The zero-order chi connectivity index (χ0) is 13.7. The number of hydrogen-bond donors (Lipinski definition) is 0. The normalized spacial score (nSPS) is 18.4. The van der Waals surface area contributed by atoms with E-state index in [1.54, 1.807) is 14.2 Å². The van der Waals surface area contributed by atoms with E-state index < -0.39 is 0 Å². The number of methoxy groups -OCH3 is 2. The summed E-state index contributed by atoms with van der Waals surface area (Å²) in [7, 11) is 3.22. The van der Waals surface area contributed by atoms with Crippen LogP contribution in [0.4, 0.5) is 0 Å². The molecule has 0 saturated heterocycles. The molecule has 0 aromatic heterocycles. The van der Waals surface area contributed by atoms with Gasteiger partial charge in [-0.15, -0.1) is 0 Å². The monoisotopic (exact) mass is 260 g/mol. The van der Waals surface area contributed by atoms with Crippen LogP contribution in [0.1, 0.15) is 12.0 Å². The highest BCUT2D eigenvalue weighted by molar-refractivity contribution is 5.83. The summed E-state index contributed by atoms with van der Waals surface area (Å²) in [5, 5.41) is 0. The summed E-state index contributed by atoms with van der Waals surface area (Å²) in [4.78, 5) is 11.1. The average molecular weight is 260 g/mol. The quantitative estimate of drug-likeness (QED) is 0.780. The van der Waals surface area contributed by atoms with Gasteiger partial charge in [0, 0.05) is 24.1 Å². The van der Waals surface area contributed by atoms with Gasteiger partial charge in [-0.1, -0.05) is 12.2 Å². The van der Waals surface area contributed by atoms with Crippen molar-refractivity contribution in [1.82, 2.24) is 0 Å². The van der Waals surface area contributed by atoms with Crippen LogP contribution in [-0.4, -0.2) is 26.3 Å². The molecule has 0 N–H and O–H groups in total. The third-order valence-corrected chi connectivity index (χ3v) is 2.82. The van der Waals surface area contributed by atoms with Crippen molar-refractivity contribution in [3.63, 3.8) is 0 Å². The lowest BCUT2D eigenvalue weighted by Gasteiger charge is -2.15. The molecule has 19 heavy (non-hydrogen) atoms. The van der Waals surface area contributed by atoms with E-state index in [2.05, 4.69) is 0 Å². The molecular weight excluding hydrogens is 244 g/mol. The molecule has 0 fully saturated rings. The van der Waals surface area contributed by atoms with E-state index in [0.29, 0.717) is 12.2 Å².